The molecule has 0 bridgehead atoms. The van der Waals surface area contributed by atoms with Gasteiger partial charge in [-0.05, 0) is 43.4 Å². The van der Waals surface area contributed by atoms with E-state index < -0.39 is 11.9 Å². The molecule has 2 aromatic rings. The number of carboxylic acids is 2. The average Bonchev–Trinajstić information content (AvgIpc) is 3.06. The summed E-state index contributed by atoms with van der Waals surface area (Å²) in [6, 6.07) is 7.72. The number of benzene rings is 1. The Bertz CT molecular complexity index is 1000. The highest BCUT2D eigenvalue weighted by Crippen LogP contribution is 2.26. The van der Waals surface area contributed by atoms with Crippen LogP contribution in [0.4, 0.5) is 0 Å². The Hall–Kier alpha value is -2.89. The summed E-state index contributed by atoms with van der Waals surface area (Å²) in [6.45, 7) is 6.46. The Morgan fingerprint density at radius 3 is 1.86 bits per heavy atom. The first kappa shape index (κ1) is 29.3. The second-order valence-corrected chi connectivity index (χ2v) is 9.90. The molecule has 198 valence electrons. The summed E-state index contributed by atoms with van der Waals surface area (Å²) < 4.78 is 1.96. The molecule has 0 aliphatic heterocycles. The molecule has 0 saturated carbocycles. The fourth-order valence-electron chi connectivity index (χ4n) is 4.92. The Morgan fingerprint density at radius 1 is 0.750 bits per heavy atom. The summed E-state index contributed by atoms with van der Waals surface area (Å²) in [5.41, 5.74) is 4.86. The van der Waals surface area contributed by atoms with Gasteiger partial charge in [0.25, 0.3) is 0 Å². The lowest BCUT2D eigenvalue weighted by molar-refractivity contribution is -0.137. The zero-order chi connectivity index (χ0) is 26.5. The van der Waals surface area contributed by atoms with E-state index in [1.807, 2.05) is 42.7 Å². The van der Waals surface area contributed by atoms with Crippen molar-refractivity contribution in [3.05, 3.63) is 57.9 Å². The molecule has 1 aromatic carbocycles. The van der Waals surface area contributed by atoms with Crippen molar-refractivity contribution >= 4 is 17.7 Å². The molecule has 1 aromatic heterocycles. The van der Waals surface area contributed by atoms with E-state index in [0.717, 1.165) is 41.6 Å². The highest BCUT2D eigenvalue weighted by atomic mass is 16.4. The normalized spacial score (nSPS) is 11.1. The van der Waals surface area contributed by atoms with Crippen molar-refractivity contribution in [2.24, 2.45) is 0 Å². The van der Waals surface area contributed by atoms with Crippen molar-refractivity contribution in [1.82, 2.24) is 4.57 Å². The molecule has 6 heteroatoms. The average molecular weight is 498 g/mol. The predicted octanol–water partition coefficient (Wildman–Crippen LogP) is 6.90. The van der Waals surface area contributed by atoms with Crippen LogP contribution < -0.4 is 0 Å². The van der Waals surface area contributed by atoms with Gasteiger partial charge >= 0.3 is 11.9 Å². The molecule has 6 nitrogen and oxygen atoms in total. The molecule has 36 heavy (non-hydrogen) atoms. The van der Waals surface area contributed by atoms with Crippen LogP contribution in [0.5, 0.6) is 0 Å². The molecule has 0 saturated heterocycles. The number of hydrogen-bond acceptors (Lipinski definition) is 3. The van der Waals surface area contributed by atoms with Crippen LogP contribution in [0.2, 0.25) is 0 Å². The van der Waals surface area contributed by atoms with Crippen LogP contribution in [0, 0.1) is 13.8 Å². The van der Waals surface area contributed by atoms with Gasteiger partial charge in [0.15, 0.2) is 5.78 Å². The highest BCUT2D eigenvalue weighted by Gasteiger charge is 2.23. The van der Waals surface area contributed by atoms with Crippen molar-refractivity contribution in [3.63, 3.8) is 0 Å². The number of aryl methyl sites for hydroxylation is 1. The zero-order valence-electron chi connectivity index (χ0n) is 22.3. The van der Waals surface area contributed by atoms with Gasteiger partial charge in [0.1, 0.15) is 0 Å². The minimum Gasteiger partial charge on any atom is -0.481 e. The van der Waals surface area contributed by atoms with Gasteiger partial charge in [-0.2, -0.15) is 0 Å². The van der Waals surface area contributed by atoms with E-state index in [1.165, 1.54) is 38.5 Å². The Kier molecular flexibility index (Phi) is 12.4. The molecule has 0 amide bonds. The van der Waals surface area contributed by atoms with Gasteiger partial charge in [0, 0.05) is 36.3 Å². The number of nitrogens with zero attached hydrogens (tertiary/aromatic N) is 1. The van der Waals surface area contributed by atoms with E-state index in [4.69, 9.17) is 5.11 Å². The van der Waals surface area contributed by atoms with Crippen molar-refractivity contribution in [1.29, 1.82) is 0 Å². The number of aromatic nitrogens is 1. The standard InChI is InChI=1S/C30H43NO5/c1-4-5-6-7-8-9-10-11-12-13-27(32)30-22(2)26(20-29(35)36)31(23(30)3)21-25-16-14-24(15-17-25)18-19-28(33)34/h14-17H,4-13,18-21H2,1-3H3,(H,33,34)(H,35,36). The van der Waals surface area contributed by atoms with Gasteiger partial charge in [-0.3, -0.25) is 14.4 Å². The van der Waals surface area contributed by atoms with E-state index in [2.05, 4.69) is 6.92 Å². The van der Waals surface area contributed by atoms with Crippen LogP contribution >= 0.6 is 0 Å². The monoisotopic (exact) mass is 497 g/mol. The highest BCUT2D eigenvalue weighted by molar-refractivity contribution is 5.99. The molecule has 0 aliphatic carbocycles. The summed E-state index contributed by atoms with van der Waals surface area (Å²) in [7, 11) is 0. The van der Waals surface area contributed by atoms with E-state index in [-0.39, 0.29) is 18.6 Å². The molecule has 2 rings (SSSR count). The first-order chi connectivity index (χ1) is 17.2. The predicted molar refractivity (Wildman–Crippen MR) is 143 cm³/mol. The van der Waals surface area contributed by atoms with Crippen LogP contribution in [-0.2, 0) is 29.0 Å². The smallest absolute Gasteiger partial charge is 0.309 e. The lowest BCUT2D eigenvalue weighted by Gasteiger charge is -2.12. The molecule has 0 fully saturated rings. The van der Waals surface area contributed by atoms with Crippen LogP contribution in [0.15, 0.2) is 24.3 Å². The maximum Gasteiger partial charge on any atom is 0.309 e. The third kappa shape index (κ3) is 9.29. The number of unbranched alkanes of at least 4 members (excludes halogenated alkanes) is 8. The van der Waals surface area contributed by atoms with Crippen LogP contribution in [0.3, 0.4) is 0 Å². The molecule has 0 unspecified atom stereocenters. The van der Waals surface area contributed by atoms with Crippen molar-refractivity contribution < 1.29 is 24.6 Å². The molecule has 0 aliphatic rings. The van der Waals surface area contributed by atoms with E-state index in [1.54, 1.807) is 0 Å². The first-order valence-electron chi connectivity index (χ1n) is 13.5. The topological polar surface area (TPSA) is 96.6 Å². The second kappa shape index (κ2) is 15.3. The van der Waals surface area contributed by atoms with E-state index >= 15 is 0 Å². The van der Waals surface area contributed by atoms with Crippen LogP contribution in [0.25, 0.3) is 0 Å². The quantitative estimate of drug-likeness (QED) is 0.172. The van der Waals surface area contributed by atoms with Crippen LogP contribution in [0.1, 0.15) is 116 Å². The Morgan fingerprint density at radius 2 is 1.31 bits per heavy atom. The molecule has 0 atom stereocenters. The number of carbonyl (C=O) groups excluding carboxylic acids is 1. The molecule has 1 heterocycles. The SMILES string of the molecule is CCCCCCCCCCCC(=O)c1c(C)c(CC(=O)O)n(Cc2ccc(CCC(=O)O)cc2)c1C. The maximum atomic E-state index is 13.2. The fraction of sp³-hybridized carbons (Fsp3) is 0.567. The van der Waals surface area contributed by atoms with Crippen molar-refractivity contribution in [2.45, 2.75) is 111 Å². The van der Waals surface area contributed by atoms with Crippen LogP contribution in [-0.4, -0.2) is 32.5 Å². The summed E-state index contributed by atoms with van der Waals surface area (Å²) in [5.74, 6) is -1.64. The fourth-order valence-corrected chi connectivity index (χ4v) is 4.92. The second-order valence-electron chi connectivity index (χ2n) is 9.90. The molecular weight excluding hydrogens is 454 g/mol. The lowest BCUT2D eigenvalue weighted by atomic mass is 9.99. The number of carboxylic acid groups (broad SMARTS) is 2. The Labute approximate surface area is 215 Å². The van der Waals surface area contributed by atoms with Crippen molar-refractivity contribution in [3.8, 4) is 0 Å². The molecule has 2 N–H and O–H groups in total. The number of ketones is 1. The third-order valence-electron chi connectivity index (χ3n) is 7.00. The minimum atomic E-state index is -0.918. The summed E-state index contributed by atoms with van der Waals surface area (Å²) >= 11 is 0. The maximum absolute atomic E-state index is 13.2. The zero-order valence-corrected chi connectivity index (χ0v) is 22.3. The number of carbonyl (C=O) groups is 3. The summed E-state index contributed by atoms with van der Waals surface area (Å²) in [5, 5.41) is 18.4. The first-order valence-corrected chi connectivity index (χ1v) is 13.5. The van der Waals surface area contributed by atoms with Gasteiger partial charge in [-0.15, -0.1) is 0 Å². The van der Waals surface area contributed by atoms with Crippen molar-refractivity contribution in [2.75, 3.05) is 0 Å². The Balaban J connectivity index is 2.04. The number of aliphatic carboxylic acids is 2. The van der Waals surface area contributed by atoms with Gasteiger partial charge in [-0.1, -0.05) is 82.6 Å². The molecular formula is C30H43NO5. The largest absolute Gasteiger partial charge is 0.481 e. The van der Waals surface area contributed by atoms with E-state index in [0.29, 0.717) is 30.6 Å². The molecule has 0 spiro atoms. The van der Waals surface area contributed by atoms with Gasteiger partial charge in [0.2, 0.25) is 0 Å². The summed E-state index contributed by atoms with van der Waals surface area (Å²) in [4.78, 5) is 35.6. The van der Waals surface area contributed by atoms with E-state index in [9.17, 15) is 19.5 Å². The third-order valence-corrected chi connectivity index (χ3v) is 7.00. The minimum absolute atomic E-state index is 0.0858. The number of hydrogen-bond donors (Lipinski definition) is 2. The number of rotatable bonds is 18. The number of Topliss-reactive ketones (excluding diaryl/α,β-unsaturated/α-hetero) is 1. The molecule has 0 radical (unpaired) electrons. The van der Waals surface area contributed by atoms with Gasteiger partial charge in [-0.25, -0.2) is 0 Å². The summed E-state index contributed by atoms with van der Waals surface area (Å²) in [6.07, 6.45) is 11.7. The van der Waals surface area contributed by atoms with Gasteiger partial charge < -0.3 is 14.8 Å². The van der Waals surface area contributed by atoms with Gasteiger partial charge in [0.05, 0.1) is 6.42 Å². The lowest BCUT2D eigenvalue weighted by Crippen LogP contribution is -2.11.